The smallest absolute Gasteiger partial charge is 0.223 e. The van der Waals surface area contributed by atoms with Gasteiger partial charge in [-0.25, -0.2) is 4.98 Å². The zero-order valence-corrected chi connectivity index (χ0v) is 14.3. The van der Waals surface area contributed by atoms with Crippen LogP contribution in [-0.2, 0) is 33.9 Å². The first-order chi connectivity index (χ1) is 11.7. The minimum Gasteiger partial charge on any atom is -0.443 e. The number of fused-ring (bicyclic) bond motifs is 1. The molecule has 132 valence electrons. The van der Waals surface area contributed by atoms with Crippen molar-refractivity contribution in [3.63, 3.8) is 0 Å². The van der Waals surface area contributed by atoms with Gasteiger partial charge in [-0.2, -0.15) is 0 Å². The third kappa shape index (κ3) is 3.95. The van der Waals surface area contributed by atoms with Gasteiger partial charge in [-0.1, -0.05) is 0 Å². The molecule has 0 aliphatic carbocycles. The Hall–Kier alpha value is -1.89. The summed E-state index contributed by atoms with van der Waals surface area (Å²) >= 11 is 0. The highest BCUT2D eigenvalue weighted by Crippen LogP contribution is 2.21. The van der Waals surface area contributed by atoms with Gasteiger partial charge >= 0.3 is 0 Å². The molecule has 2 amide bonds. The molecule has 1 aromatic rings. The fourth-order valence-corrected chi connectivity index (χ4v) is 3.33. The van der Waals surface area contributed by atoms with Crippen LogP contribution < -0.4 is 0 Å². The lowest BCUT2D eigenvalue weighted by Crippen LogP contribution is -2.38. The van der Waals surface area contributed by atoms with Crippen LogP contribution in [0, 0.1) is 0 Å². The molecule has 0 N–H and O–H groups in total. The molecule has 0 spiro atoms. The van der Waals surface area contributed by atoms with Crippen LogP contribution in [0.3, 0.4) is 0 Å². The van der Waals surface area contributed by atoms with E-state index < -0.39 is 0 Å². The van der Waals surface area contributed by atoms with E-state index in [1.807, 2.05) is 9.80 Å². The molecule has 2 aliphatic heterocycles. The summed E-state index contributed by atoms with van der Waals surface area (Å²) in [6.07, 6.45) is 4.61. The predicted molar refractivity (Wildman–Crippen MR) is 86.0 cm³/mol. The number of carbonyl (C=O) groups excluding carboxylic acids is 2. The number of methoxy groups -OCH3 is 1. The molecule has 0 bridgehead atoms. The van der Waals surface area contributed by atoms with Crippen LogP contribution >= 0.6 is 0 Å². The Bertz CT molecular complexity index is 599. The van der Waals surface area contributed by atoms with Crippen LogP contribution in [0.2, 0.25) is 0 Å². The van der Waals surface area contributed by atoms with Gasteiger partial charge in [0.15, 0.2) is 0 Å². The van der Waals surface area contributed by atoms with E-state index in [-0.39, 0.29) is 11.8 Å². The molecule has 0 unspecified atom stereocenters. The number of aromatic nitrogens is 1. The number of hydrogen-bond donors (Lipinski definition) is 0. The summed E-state index contributed by atoms with van der Waals surface area (Å²) in [4.78, 5) is 32.3. The van der Waals surface area contributed by atoms with E-state index in [0.717, 1.165) is 37.3 Å². The highest BCUT2D eigenvalue weighted by atomic mass is 16.5. The lowest BCUT2D eigenvalue weighted by molar-refractivity contribution is -0.135. The standard InChI is InChI=1S/C17H25N3O4/c1-23-12-15-18-13-11-20(10-7-14(13)24-15)17(22)6-4-9-19-8-3-2-5-16(19)21/h2-12H2,1H3. The van der Waals surface area contributed by atoms with Crippen molar-refractivity contribution in [1.82, 2.24) is 14.8 Å². The summed E-state index contributed by atoms with van der Waals surface area (Å²) in [5.74, 6) is 1.79. The van der Waals surface area contributed by atoms with E-state index in [0.29, 0.717) is 51.4 Å². The summed E-state index contributed by atoms with van der Waals surface area (Å²) in [5.41, 5.74) is 0.841. The van der Waals surface area contributed by atoms with Gasteiger partial charge in [0.25, 0.3) is 0 Å². The predicted octanol–water partition coefficient (Wildman–Crippen LogP) is 1.50. The Morgan fingerprint density at radius 1 is 1.29 bits per heavy atom. The van der Waals surface area contributed by atoms with Gasteiger partial charge < -0.3 is 19.0 Å². The van der Waals surface area contributed by atoms with E-state index in [9.17, 15) is 9.59 Å². The van der Waals surface area contributed by atoms with Gasteiger partial charge in [0.2, 0.25) is 17.7 Å². The summed E-state index contributed by atoms with van der Waals surface area (Å²) < 4.78 is 10.7. The van der Waals surface area contributed by atoms with Crippen molar-refractivity contribution in [3.05, 3.63) is 17.3 Å². The zero-order chi connectivity index (χ0) is 16.9. The summed E-state index contributed by atoms with van der Waals surface area (Å²) in [6.45, 7) is 3.04. The second kappa shape index (κ2) is 7.79. The van der Waals surface area contributed by atoms with Gasteiger partial charge in [-0.3, -0.25) is 9.59 Å². The average Bonchev–Trinajstić information content (AvgIpc) is 2.98. The average molecular weight is 335 g/mol. The van der Waals surface area contributed by atoms with Crippen molar-refractivity contribution in [2.45, 2.75) is 51.7 Å². The summed E-state index contributed by atoms with van der Waals surface area (Å²) in [6, 6.07) is 0. The van der Waals surface area contributed by atoms with Crippen molar-refractivity contribution in [2.24, 2.45) is 0 Å². The molecule has 0 atom stereocenters. The molecule has 1 fully saturated rings. The molecule has 2 aliphatic rings. The van der Waals surface area contributed by atoms with E-state index in [1.165, 1.54) is 0 Å². The number of nitrogens with zero attached hydrogens (tertiary/aromatic N) is 3. The number of rotatable bonds is 6. The van der Waals surface area contributed by atoms with Gasteiger partial charge in [0.05, 0.1) is 6.54 Å². The number of ether oxygens (including phenoxy) is 1. The van der Waals surface area contributed by atoms with Gasteiger partial charge in [0.1, 0.15) is 18.1 Å². The number of hydrogen-bond acceptors (Lipinski definition) is 5. The van der Waals surface area contributed by atoms with Gasteiger partial charge in [-0.15, -0.1) is 0 Å². The molecular formula is C17H25N3O4. The second-order valence-electron chi connectivity index (χ2n) is 6.42. The SMILES string of the molecule is COCc1nc2c(o1)CCN(C(=O)CCCN1CCCCC1=O)C2. The molecule has 3 heterocycles. The Balaban J connectivity index is 1.46. The zero-order valence-electron chi connectivity index (χ0n) is 14.3. The Kier molecular flexibility index (Phi) is 5.50. The van der Waals surface area contributed by atoms with Crippen LogP contribution in [-0.4, -0.2) is 53.3 Å². The maximum atomic E-state index is 12.4. The van der Waals surface area contributed by atoms with Crippen LogP contribution in [0.15, 0.2) is 4.42 Å². The monoisotopic (exact) mass is 335 g/mol. The van der Waals surface area contributed by atoms with Crippen molar-refractivity contribution in [2.75, 3.05) is 26.7 Å². The molecule has 0 aromatic carbocycles. The minimum absolute atomic E-state index is 0.126. The van der Waals surface area contributed by atoms with Crippen molar-refractivity contribution in [1.29, 1.82) is 0 Å². The molecule has 3 rings (SSSR count). The molecule has 7 heteroatoms. The first-order valence-corrected chi connectivity index (χ1v) is 8.69. The van der Waals surface area contributed by atoms with E-state index in [2.05, 4.69) is 4.98 Å². The first-order valence-electron chi connectivity index (χ1n) is 8.69. The van der Waals surface area contributed by atoms with Gasteiger partial charge in [0, 0.05) is 46.0 Å². The topological polar surface area (TPSA) is 75.9 Å². The molecule has 24 heavy (non-hydrogen) atoms. The summed E-state index contributed by atoms with van der Waals surface area (Å²) in [7, 11) is 1.60. The maximum Gasteiger partial charge on any atom is 0.223 e. The normalized spacial score (nSPS) is 18.0. The number of likely N-dealkylation sites (tertiary alicyclic amines) is 1. The molecule has 0 saturated carbocycles. The van der Waals surface area contributed by atoms with Crippen LogP contribution in [0.25, 0.3) is 0 Å². The number of carbonyl (C=O) groups is 2. The van der Waals surface area contributed by atoms with Crippen LogP contribution in [0.4, 0.5) is 0 Å². The van der Waals surface area contributed by atoms with Crippen molar-refractivity contribution < 1.29 is 18.7 Å². The van der Waals surface area contributed by atoms with E-state index in [1.54, 1.807) is 7.11 Å². The van der Waals surface area contributed by atoms with Crippen molar-refractivity contribution in [3.8, 4) is 0 Å². The quantitative estimate of drug-likeness (QED) is 0.787. The van der Waals surface area contributed by atoms with E-state index >= 15 is 0 Å². The highest BCUT2D eigenvalue weighted by Gasteiger charge is 2.25. The molecule has 7 nitrogen and oxygen atoms in total. The molecule has 1 saturated heterocycles. The third-order valence-electron chi connectivity index (χ3n) is 4.63. The minimum atomic E-state index is 0.126. The lowest BCUT2D eigenvalue weighted by atomic mass is 10.1. The van der Waals surface area contributed by atoms with Crippen molar-refractivity contribution >= 4 is 11.8 Å². The van der Waals surface area contributed by atoms with Crippen LogP contribution in [0.5, 0.6) is 0 Å². The largest absolute Gasteiger partial charge is 0.443 e. The third-order valence-corrected chi connectivity index (χ3v) is 4.63. The second-order valence-corrected chi connectivity index (χ2v) is 6.42. The first kappa shape index (κ1) is 17.0. The number of piperidine rings is 1. The Morgan fingerprint density at radius 3 is 2.96 bits per heavy atom. The van der Waals surface area contributed by atoms with Crippen LogP contribution in [0.1, 0.15) is 49.4 Å². The maximum absolute atomic E-state index is 12.4. The Morgan fingerprint density at radius 2 is 2.17 bits per heavy atom. The van der Waals surface area contributed by atoms with Gasteiger partial charge in [-0.05, 0) is 19.3 Å². The number of oxazole rings is 1. The molecule has 1 aromatic heterocycles. The molecular weight excluding hydrogens is 310 g/mol. The lowest BCUT2D eigenvalue weighted by Gasteiger charge is -2.28. The fraction of sp³-hybridized carbons (Fsp3) is 0.706. The Labute approximate surface area is 141 Å². The van der Waals surface area contributed by atoms with E-state index in [4.69, 9.17) is 9.15 Å². The number of amides is 2. The molecule has 0 radical (unpaired) electrons. The fourth-order valence-electron chi connectivity index (χ4n) is 3.33. The highest BCUT2D eigenvalue weighted by molar-refractivity contribution is 5.77. The summed E-state index contributed by atoms with van der Waals surface area (Å²) in [5, 5.41) is 0.